The second-order valence-corrected chi connectivity index (χ2v) is 6.94. The third-order valence-corrected chi connectivity index (χ3v) is 5.57. The first kappa shape index (κ1) is 15.5. The Morgan fingerprint density at radius 2 is 1.77 bits per heavy atom. The number of carbonyl (C=O) groups is 1. The van der Waals surface area contributed by atoms with Crippen molar-refractivity contribution in [2.75, 3.05) is 20.2 Å². The molecule has 3 nitrogen and oxygen atoms in total. The zero-order valence-corrected chi connectivity index (χ0v) is 13.6. The van der Waals surface area contributed by atoms with Crippen molar-refractivity contribution in [2.45, 2.75) is 51.6 Å². The minimum Gasteiger partial charge on any atom is -0.380 e. The molecule has 1 aliphatic heterocycles. The lowest BCUT2D eigenvalue weighted by molar-refractivity contribution is 0.0469. The number of nitrogens with zero attached hydrogens (tertiary/aromatic N) is 1. The molecule has 3 heteroatoms. The molecule has 120 valence electrons. The zero-order chi connectivity index (χ0) is 15.4. The van der Waals surface area contributed by atoms with E-state index in [0.717, 1.165) is 24.2 Å². The maximum Gasteiger partial charge on any atom is 0.254 e. The van der Waals surface area contributed by atoms with Gasteiger partial charge in [-0.25, -0.2) is 0 Å². The smallest absolute Gasteiger partial charge is 0.254 e. The molecule has 1 aromatic rings. The Hall–Kier alpha value is -1.35. The summed E-state index contributed by atoms with van der Waals surface area (Å²) in [5.74, 6) is 0.179. The van der Waals surface area contributed by atoms with E-state index in [1.807, 2.05) is 29.2 Å². The highest BCUT2D eigenvalue weighted by atomic mass is 16.5. The van der Waals surface area contributed by atoms with E-state index in [9.17, 15) is 4.79 Å². The number of rotatable bonds is 3. The molecule has 2 aliphatic rings. The van der Waals surface area contributed by atoms with Gasteiger partial charge in [-0.05, 0) is 42.7 Å². The van der Waals surface area contributed by atoms with Crippen LogP contribution in [0.1, 0.15) is 60.9 Å². The largest absolute Gasteiger partial charge is 0.380 e. The Labute approximate surface area is 133 Å². The molecule has 2 fully saturated rings. The van der Waals surface area contributed by atoms with Gasteiger partial charge in [0.05, 0.1) is 6.61 Å². The van der Waals surface area contributed by atoms with E-state index in [1.165, 1.54) is 44.9 Å². The number of amides is 1. The molecule has 1 aliphatic carbocycles. The average molecular weight is 301 g/mol. The summed E-state index contributed by atoms with van der Waals surface area (Å²) in [6.07, 6.45) is 9.27. The van der Waals surface area contributed by atoms with Gasteiger partial charge in [-0.2, -0.15) is 0 Å². The van der Waals surface area contributed by atoms with Crippen LogP contribution in [0.3, 0.4) is 0 Å². The molecular weight excluding hydrogens is 274 g/mol. The highest BCUT2D eigenvalue weighted by Crippen LogP contribution is 2.44. The molecule has 0 unspecified atom stereocenters. The molecule has 0 radical (unpaired) electrons. The lowest BCUT2D eigenvalue weighted by Gasteiger charge is -2.44. The van der Waals surface area contributed by atoms with Gasteiger partial charge in [-0.3, -0.25) is 4.79 Å². The monoisotopic (exact) mass is 301 g/mol. The Morgan fingerprint density at radius 3 is 2.45 bits per heavy atom. The summed E-state index contributed by atoms with van der Waals surface area (Å²) >= 11 is 0. The van der Waals surface area contributed by atoms with Gasteiger partial charge in [0, 0.05) is 25.8 Å². The Morgan fingerprint density at radius 1 is 1.09 bits per heavy atom. The second kappa shape index (κ2) is 6.82. The van der Waals surface area contributed by atoms with Gasteiger partial charge >= 0.3 is 0 Å². The van der Waals surface area contributed by atoms with Crippen LogP contribution in [-0.2, 0) is 11.3 Å². The first-order valence-electron chi connectivity index (χ1n) is 8.60. The summed E-state index contributed by atoms with van der Waals surface area (Å²) in [5.41, 5.74) is 2.35. The van der Waals surface area contributed by atoms with E-state index in [0.29, 0.717) is 12.0 Å². The van der Waals surface area contributed by atoms with Gasteiger partial charge in [0.1, 0.15) is 0 Å². The first-order valence-corrected chi connectivity index (χ1v) is 8.60. The van der Waals surface area contributed by atoms with Crippen molar-refractivity contribution in [3.8, 4) is 0 Å². The van der Waals surface area contributed by atoms with Crippen LogP contribution in [0.15, 0.2) is 24.3 Å². The summed E-state index contributed by atoms with van der Waals surface area (Å²) in [6.45, 7) is 2.33. The molecule has 0 N–H and O–H groups in total. The number of hydrogen-bond acceptors (Lipinski definition) is 2. The lowest BCUT2D eigenvalue weighted by Crippen LogP contribution is -2.44. The van der Waals surface area contributed by atoms with E-state index in [1.54, 1.807) is 7.11 Å². The summed E-state index contributed by atoms with van der Waals surface area (Å²) in [5, 5.41) is 0. The van der Waals surface area contributed by atoms with Crippen molar-refractivity contribution in [1.82, 2.24) is 4.90 Å². The zero-order valence-electron chi connectivity index (χ0n) is 13.6. The van der Waals surface area contributed by atoms with Crippen LogP contribution >= 0.6 is 0 Å². The standard InChI is InChI=1S/C19H27NO2/c1-22-15-16-7-3-4-8-17(16)18(21)20-13-11-19(12-14-20)9-5-2-6-10-19/h3-4,7-8H,2,5-6,9-15H2,1H3. The van der Waals surface area contributed by atoms with Crippen molar-refractivity contribution in [2.24, 2.45) is 5.41 Å². The summed E-state index contributed by atoms with van der Waals surface area (Å²) in [6, 6.07) is 7.84. The molecule has 1 heterocycles. The molecule has 1 amide bonds. The fraction of sp³-hybridized carbons (Fsp3) is 0.632. The molecule has 1 aromatic carbocycles. The van der Waals surface area contributed by atoms with Crippen LogP contribution in [0.4, 0.5) is 0 Å². The van der Waals surface area contributed by atoms with Crippen molar-refractivity contribution in [3.05, 3.63) is 35.4 Å². The van der Waals surface area contributed by atoms with Gasteiger partial charge in [0.2, 0.25) is 0 Å². The van der Waals surface area contributed by atoms with E-state index in [4.69, 9.17) is 4.74 Å². The van der Waals surface area contributed by atoms with E-state index in [-0.39, 0.29) is 5.91 Å². The number of piperidine rings is 1. The summed E-state index contributed by atoms with van der Waals surface area (Å²) < 4.78 is 5.23. The number of likely N-dealkylation sites (tertiary alicyclic amines) is 1. The number of carbonyl (C=O) groups excluding carboxylic acids is 1. The lowest BCUT2D eigenvalue weighted by atomic mass is 9.68. The maximum absolute atomic E-state index is 12.8. The normalized spacial score (nSPS) is 21.0. The fourth-order valence-corrected chi connectivity index (χ4v) is 4.17. The highest BCUT2D eigenvalue weighted by molar-refractivity contribution is 5.95. The van der Waals surface area contributed by atoms with Gasteiger partial charge < -0.3 is 9.64 Å². The van der Waals surface area contributed by atoms with Crippen LogP contribution in [0.25, 0.3) is 0 Å². The summed E-state index contributed by atoms with van der Waals surface area (Å²) in [4.78, 5) is 14.9. The summed E-state index contributed by atoms with van der Waals surface area (Å²) in [7, 11) is 1.68. The minimum absolute atomic E-state index is 0.179. The topological polar surface area (TPSA) is 29.5 Å². The van der Waals surface area contributed by atoms with Crippen LogP contribution in [0.5, 0.6) is 0 Å². The fourth-order valence-electron chi connectivity index (χ4n) is 4.17. The molecule has 3 rings (SSSR count). The molecule has 0 bridgehead atoms. The third kappa shape index (κ3) is 3.19. The van der Waals surface area contributed by atoms with Gasteiger partial charge in [-0.1, -0.05) is 37.5 Å². The van der Waals surface area contributed by atoms with Crippen molar-refractivity contribution < 1.29 is 9.53 Å². The van der Waals surface area contributed by atoms with Gasteiger partial charge in [-0.15, -0.1) is 0 Å². The Bertz CT molecular complexity index is 510. The molecule has 1 saturated carbocycles. The van der Waals surface area contributed by atoms with Crippen molar-refractivity contribution in [3.63, 3.8) is 0 Å². The Kier molecular flexibility index (Phi) is 4.82. The van der Waals surface area contributed by atoms with E-state index in [2.05, 4.69) is 0 Å². The quantitative estimate of drug-likeness (QED) is 0.844. The van der Waals surface area contributed by atoms with Crippen molar-refractivity contribution >= 4 is 5.91 Å². The molecular formula is C19H27NO2. The number of benzene rings is 1. The predicted octanol–water partition coefficient (Wildman–Crippen LogP) is 4.02. The number of methoxy groups -OCH3 is 1. The van der Waals surface area contributed by atoms with Crippen LogP contribution < -0.4 is 0 Å². The average Bonchev–Trinajstić information content (AvgIpc) is 2.57. The molecule has 0 aromatic heterocycles. The molecule has 22 heavy (non-hydrogen) atoms. The van der Waals surface area contributed by atoms with E-state index >= 15 is 0 Å². The first-order chi connectivity index (χ1) is 10.7. The molecule has 0 atom stereocenters. The Balaban J connectivity index is 1.67. The number of hydrogen-bond donors (Lipinski definition) is 0. The van der Waals surface area contributed by atoms with E-state index < -0.39 is 0 Å². The predicted molar refractivity (Wildman–Crippen MR) is 87.8 cm³/mol. The second-order valence-electron chi connectivity index (χ2n) is 6.94. The maximum atomic E-state index is 12.8. The van der Waals surface area contributed by atoms with Crippen molar-refractivity contribution in [1.29, 1.82) is 0 Å². The van der Waals surface area contributed by atoms with Gasteiger partial charge in [0.25, 0.3) is 5.91 Å². The van der Waals surface area contributed by atoms with Crippen LogP contribution in [-0.4, -0.2) is 31.0 Å². The SMILES string of the molecule is COCc1ccccc1C(=O)N1CCC2(CCCCC2)CC1. The van der Waals surface area contributed by atoms with Crippen LogP contribution in [0.2, 0.25) is 0 Å². The number of ether oxygens (including phenoxy) is 1. The molecule has 1 spiro atoms. The minimum atomic E-state index is 0.179. The molecule has 1 saturated heterocycles. The van der Waals surface area contributed by atoms with Crippen LogP contribution in [0, 0.1) is 5.41 Å². The highest BCUT2D eigenvalue weighted by Gasteiger charge is 2.36. The van der Waals surface area contributed by atoms with Gasteiger partial charge in [0.15, 0.2) is 0 Å². The third-order valence-electron chi connectivity index (χ3n) is 5.57.